The second kappa shape index (κ2) is 8.59. The maximum Gasteiger partial charge on any atom is 0.412 e. The fraction of sp³-hybridized carbons (Fsp3) is 0.950. The molecule has 0 bridgehead atoms. The summed E-state index contributed by atoms with van der Waals surface area (Å²) < 4.78 is 59.0. The Morgan fingerprint density at radius 1 is 1.20 bits per heavy atom. The van der Waals surface area contributed by atoms with E-state index >= 15 is 0 Å². The Kier molecular flexibility index (Phi) is 7.79. The van der Waals surface area contributed by atoms with Crippen LogP contribution < -0.4 is 0 Å². The maximum atomic E-state index is 13.9. The average molecular weight is 458 g/mol. The molecule has 1 amide bonds. The number of amides is 1. The molecule has 0 unspecified atom stereocenters. The minimum absolute atomic E-state index is 0.155. The van der Waals surface area contributed by atoms with Crippen molar-refractivity contribution in [2.45, 2.75) is 103 Å². The second-order valence-corrected chi connectivity index (χ2v) is 15.6. The summed E-state index contributed by atoms with van der Waals surface area (Å²) in [4.78, 5) is 14.1. The SMILES string of the molecule is CC(C)(C)OC(=O)N1[C@@H]([C@H](O[Si](C)(C)C(C)(C)C)[C@H](CO)C(F)(F)F)COC1(C)C. The zero-order valence-electron chi connectivity index (χ0n) is 19.8. The number of hydrogen-bond acceptors (Lipinski definition) is 5. The first kappa shape index (κ1) is 27.2. The third kappa shape index (κ3) is 6.33. The molecule has 30 heavy (non-hydrogen) atoms. The summed E-state index contributed by atoms with van der Waals surface area (Å²) in [6.45, 7) is 16.4. The van der Waals surface area contributed by atoms with Crippen LogP contribution in [0.15, 0.2) is 0 Å². The van der Waals surface area contributed by atoms with Crippen LogP contribution in [0.3, 0.4) is 0 Å². The molecule has 1 N–H and O–H groups in total. The molecule has 0 aromatic rings. The van der Waals surface area contributed by atoms with E-state index in [2.05, 4.69) is 0 Å². The smallest absolute Gasteiger partial charge is 0.412 e. The number of aliphatic hydroxyl groups is 1. The van der Waals surface area contributed by atoms with Gasteiger partial charge in [0.25, 0.3) is 0 Å². The lowest BCUT2D eigenvalue weighted by Gasteiger charge is -2.45. The molecule has 1 aliphatic heterocycles. The zero-order valence-corrected chi connectivity index (χ0v) is 20.8. The Bertz CT molecular complexity index is 611. The molecule has 1 rings (SSSR count). The van der Waals surface area contributed by atoms with Crippen molar-refractivity contribution >= 4 is 14.4 Å². The van der Waals surface area contributed by atoms with Gasteiger partial charge in [0.15, 0.2) is 8.32 Å². The Balaban J connectivity index is 3.48. The van der Waals surface area contributed by atoms with Gasteiger partial charge in [0, 0.05) is 0 Å². The van der Waals surface area contributed by atoms with E-state index in [9.17, 15) is 23.1 Å². The van der Waals surface area contributed by atoms with Gasteiger partial charge in [0.05, 0.1) is 25.4 Å². The van der Waals surface area contributed by atoms with Gasteiger partial charge < -0.3 is 19.0 Å². The topological polar surface area (TPSA) is 68.2 Å². The fourth-order valence-electron chi connectivity index (χ4n) is 3.08. The predicted octanol–water partition coefficient (Wildman–Crippen LogP) is 4.92. The van der Waals surface area contributed by atoms with Crippen molar-refractivity contribution in [3.05, 3.63) is 0 Å². The molecular formula is C20H38F3NO5Si. The zero-order chi connectivity index (χ0) is 23.9. The highest BCUT2D eigenvalue weighted by Crippen LogP contribution is 2.43. The predicted molar refractivity (Wildman–Crippen MR) is 111 cm³/mol. The van der Waals surface area contributed by atoms with Crippen LogP contribution in [-0.4, -0.2) is 67.3 Å². The van der Waals surface area contributed by atoms with Gasteiger partial charge >= 0.3 is 12.3 Å². The highest BCUT2D eigenvalue weighted by Gasteiger charge is 2.57. The molecular weight excluding hydrogens is 419 g/mol. The summed E-state index contributed by atoms with van der Waals surface area (Å²) in [5.41, 5.74) is -2.02. The van der Waals surface area contributed by atoms with E-state index in [4.69, 9.17) is 13.9 Å². The third-order valence-corrected chi connectivity index (χ3v) is 10.2. The lowest BCUT2D eigenvalue weighted by atomic mass is 9.95. The van der Waals surface area contributed by atoms with Gasteiger partial charge in [-0.15, -0.1) is 0 Å². The van der Waals surface area contributed by atoms with Crippen LogP contribution in [0.25, 0.3) is 0 Å². The minimum atomic E-state index is -4.71. The first-order valence-electron chi connectivity index (χ1n) is 10.2. The van der Waals surface area contributed by atoms with E-state index in [1.54, 1.807) is 34.6 Å². The molecule has 0 aromatic heterocycles. The summed E-state index contributed by atoms with van der Waals surface area (Å²) in [5.74, 6) is -2.17. The molecule has 3 atom stereocenters. The lowest BCUT2D eigenvalue weighted by Crippen LogP contribution is -2.60. The van der Waals surface area contributed by atoms with Crippen molar-refractivity contribution in [3.8, 4) is 0 Å². The number of alkyl halides is 3. The van der Waals surface area contributed by atoms with Crippen molar-refractivity contribution in [3.63, 3.8) is 0 Å². The number of halogens is 3. The summed E-state index contributed by atoms with van der Waals surface area (Å²) >= 11 is 0. The number of nitrogens with zero attached hydrogens (tertiary/aromatic N) is 1. The largest absolute Gasteiger partial charge is 0.444 e. The van der Waals surface area contributed by atoms with Crippen molar-refractivity contribution in [1.82, 2.24) is 4.90 Å². The fourth-order valence-corrected chi connectivity index (χ4v) is 4.44. The van der Waals surface area contributed by atoms with Crippen LogP contribution in [0, 0.1) is 5.92 Å². The molecule has 1 aliphatic rings. The molecule has 1 saturated heterocycles. The first-order chi connectivity index (χ1) is 13.1. The van der Waals surface area contributed by atoms with Gasteiger partial charge in [0.2, 0.25) is 0 Å². The maximum absolute atomic E-state index is 13.9. The van der Waals surface area contributed by atoms with Crippen molar-refractivity contribution < 1.29 is 37.0 Å². The van der Waals surface area contributed by atoms with E-state index in [0.29, 0.717) is 0 Å². The number of carbonyl (C=O) groups excluding carboxylic acids is 1. The molecule has 1 heterocycles. The van der Waals surface area contributed by atoms with E-state index < -0.39 is 56.6 Å². The van der Waals surface area contributed by atoms with Crippen LogP contribution in [0.1, 0.15) is 55.4 Å². The van der Waals surface area contributed by atoms with Gasteiger partial charge in [-0.25, -0.2) is 4.79 Å². The average Bonchev–Trinajstić information content (AvgIpc) is 2.77. The number of aliphatic hydroxyl groups excluding tert-OH is 1. The third-order valence-electron chi connectivity index (χ3n) is 5.74. The van der Waals surface area contributed by atoms with Gasteiger partial charge in [0.1, 0.15) is 17.2 Å². The standard InChI is InChI=1S/C20H38F3NO5Si/c1-17(2,3)28-16(26)24-14(12-27-19(24,7)8)15(13(11-25)20(21,22)23)29-30(9,10)18(4,5)6/h13-15,25H,11-12H2,1-10H3/t13-,14+,15+/m0/s1. The Morgan fingerprint density at radius 2 is 1.70 bits per heavy atom. The Morgan fingerprint density at radius 3 is 2.07 bits per heavy atom. The molecule has 10 heteroatoms. The molecule has 178 valence electrons. The van der Waals surface area contributed by atoms with Crippen LogP contribution >= 0.6 is 0 Å². The van der Waals surface area contributed by atoms with Crippen LogP contribution in [0.5, 0.6) is 0 Å². The molecule has 0 radical (unpaired) electrons. The number of hydrogen-bond donors (Lipinski definition) is 1. The van der Waals surface area contributed by atoms with E-state index in [0.717, 1.165) is 0 Å². The van der Waals surface area contributed by atoms with Crippen LogP contribution in [0.4, 0.5) is 18.0 Å². The van der Waals surface area contributed by atoms with E-state index in [1.807, 2.05) is 33.9 Å². The molecule has 1 fully saturated rings. The normalized spacial score (nSPS) is 22.7. The van der Waals surface area contributed by atoms with Crippen LogP contribution in [-0.2, 0) is 13.9 Å². The van der Waals surface area contributed by atoms with Crippen molar-refractivity contribution in [2.75, 3.05) is 13.2 Å². The Labute approximate surface area is 179 Å². The quantitative estimate of drug-likeness (QED) is 0.594. The van der Waals surface area contributed by atoms with Gasteiger partial charge in [-0.05, 0) is 52.8 Å². The minimum Gasteiger partial charge on any atom is -0.444 e. The highest BCUT2D eigenvalue weighted by atomic mass is 28.4. The highest BCUT2D eigenvalue weighted by molar-refractivity contribution is 6.74. The van der Waals surface area contributed by atoms with Crippen molar-refractivity contribution in [1.29, 1.82) is 0 Å². The summed E-state index contributed by atoms with van der Waals surface area (Å²) in [7, 11) is -2.70. The molecule has 0 spiro atoms. The monoisotopic (exact) mass is 457 g/mol. The number of rotatable bonds is 5. The van der Waals surface area contributed by atoms with Gasteiger partial charge in [-0.2, -0.15) is 13.2 Å². The number of ether oxygens (including phenoxy) is 2. The second-order valence-electron chi connectivity index (χ2n) is 10.8. The summed E-state index contributed by atoms with van der Waals surface area (Å²) in [6.07, 6.45) is -6.99. The molecule has 0 aromatic carbocycles. The Hall–Kier alpha value is -0.843. The summed E-state index contributed by atoms with van der Waals surface area (Å²) in [6, 6.07) is -1.07. The summed E-state index contributed by atoms with van der Waals surface area (Å²) in [5, 5.41) is 9.30. The first-order valence-corrected chi connectivity index (χ1v) is 13.1. The van der Waals surface area contributed by atoms with Crippen molar-refractivity contribution in [2.24, 2.45) is 5.92 Å². The number of carbonyl (C=O) groups is 1. The van der Waals surface area contributed by atoms with Gasteiger partial charge in [-0.1, -0.05) is 20.8 Å². The van der Waals surface area contributed by atoms with E-state index in [1.165, 1.54) is 4.90 Å². The van der Waals surface area contributed by atoms with E-state index in [-0.39, 0.29) is 11.6 Å². The van der Waals surface area contributed by atoms with Crippen LogP contribution in [0.2, 0.25) is 18.1 Å². The molecule has 0 aliphatic carbocycles. The molecule has 0 saturated carbocycles. The lowest BCUT2D eigenvalue weighted by molar-refractivity contribution is -0.213. The molecule has 6 nitrogen and oxygen atoms in total. The van der Waals surface area contributed by atoms with Gasteiger partial charge in [-0.3, -0.25) is 4.90 Å².